The van der Waals surface area contributed by atoms with Crippen molar-refractivity contribution in [1.29, 1.82) is 0 Å². The maximum atomic E-state index is 13.3. The van der Waals surface area contributed by atoms with Crippen LogP contribution in [0, 0.1) is 5.92 Å². The van der Waals surface area contributed by atoms with Gasteiger partial charge in [-0.05, 0) is 18.4 Å². The third-order valence-electron chi connectivity index (χ3n) is 4.83. The highest BCUT2D eigenvalue weighted by Gasteiger charge is 2.29. The summed E-state index contributed by atoms with van der Waals surface area (Å²) >= 11 is 0. The van der Waals surface area contributed by atoms with E-state index in [4.69, 9.17) is 4.74 Å². The smallest absolute Gasteiger partial charge is 0.407 e. The number of hydrogen-bond donors (Lipinski definition) is 1. The zero-order chi connectivity index (χ0) is 19.2. The number of rotatable bonds is 13. The molecule has 1 aromatic carbocycles. The van der Waals surface area contributed by atoms with Crippen LogP contribution in [-0.2, 0) is 9.53 Å². The van der Waals surface area contributed by atoms with Crippen LogP contribution in [0.25, 0.3) is 0 Å². The molecule has 0 aliphatic heterocycles. The fourth-order valence-electron chi connectivity index (χ4n) is 3.25. The summed E-state index contributed by atoms with van der Waals surface area (Å²) in [4.78, 5) is 25.0. The molecule has 0 saturated heterocycles. The quantitative estimate of drug-likeness (QED) is 0.450. The molecule has 0 heterocycles. The number of benzene rings is 1. The van der Waals surface area contributed by atoms with Gasteiger partial charge in [0.05, 0.1) is 7.11 Å². The Morgan fingerprint density at radius 3 is 2.15 bits per heavy atom. The van der Waals surface area contributed by atoms with Gasteiger partial charge in [0.25, 0.3) is 0 Å². The first-order valence-electron chi connectivity index (χ1n) is 10.1. The minimum absolute atomic E-state index is 0.0149. The number of carbonyl (C=O) groups is 2. The third kappa shape index (κ3) is 8.03. The lowest BCUT2D eigenvalue weighted by Gasteiger charge is -2.23. The van der Waals surface area contributed by atoms with E-state index < -0.39 is 12.1 Å². The number of ether oxygens (including phenoxy) is 1. The first-order chi connectivity index (χ1) is 12.6. The summed E-state index contributed by atoms with van der Waals surface area (Å²) in [6.45, 7) is 4.35. The Morgan fingerprint density at radius 1 is 0.923 bits per heavy atom. The van der Waals surface area contributed by atoms with E-state index in [2.05, 4.69) is 19.2 Å². The van der Waals surface area contributed by atoms with Crippen molar-refractivity contribution in [2.75, 3.05) is 7.11 Å². The fourth-order valence-corrected chi connectivity index (χ4v) is 3.25. The van der Waals surface area contributed by atoms with E-state index in [1.54, 1.807) is 0 Å². The second-order valence-corrected chi connectivity index (χ2v) is 6.92. The number of carbonyl (C=O) groups excluding carboxylic acids is 2. The number of Topliss-reactive ketones (excluding diaryl/α,β-unsaturated/α-hetero) is 1. The highest BCUT2D eigenvalue weighted by atomic mass is 16.5. The zero-order valence-electron chi connectivity index (χ0n) is 16.6. The monoisotopic (exact) mass is 361 g/mol. The van der Waals surface area contributed by atoms with Crippen molar-refractivity contribution in [3.63, 3.8) is 0 Å². The van der Waals surface area contributed by atoms with Gasteiger partial charge in [-0.25, -0.2) is 4.79 Å². The Balaban J connectivity index is 2.84. The highest BCUT2D eigenvalue weighted by Crippen LogP contribution is 2.26. The first-order valence-corrected chi connectivity index (χ1v) is 10.1. The lowest BCUT2D eigenvalue weighted by atomic mass is 9.86. The zero-order valence-corrected chi connectivity index (χ0v) is 16.6. The molecule has 2 atom stereocenters. The largest absolute Gasteiger partial charge is 0.453 e. The lowest BCUT2D eigenvalue weighted by Crippen LogP contribution is -2.37. The number of nitrogens with one attached hydrogen (secondary N) is 1. The summed E-state index contributed by atoms with van der Waals surface area (Å²) in [7, 11) is 1.32. The Kier molecular flexibility index (Phi) is 11.4. The standard InChI is InChI=1S/C22H35NO3/c1-4-6-8-9-11-17-19(14-7-5-2)21(24)20(23-22(25)26-3)18-15-12-10-13-16-18/h10,12-13,15-16,19-20H,4-9,11,14,17H2,1-3H3,(H,23,25)/t19?,20-/m0/s1. The Morgan fingerprint density at radius 2 is 1.54 bits per heavy atom. The topological polar surface area (TPSA) is 55.4 Å². The number of alkyl carbamates (subject to hydrolysis) is 1. The van der Waals surface area contributed by atoms with Gasteiger partial charge in [-0.15, -0.1) is 0 Å². The predicted octanol–water partition coefficient (Wildman–Crippen LogP) is 5.82. The van der Waals surface area contributed by atoms with Gasteiger partial charge < -0.3 is 10.1 Å². The van der Waals surface area contributed by atoms with Crippen LogP contribution in [0.3, 0.4) is 0 Å². The predicted molar refractivity (Wildman–Crippen MR) is 106 cm³/mol. The van der Waals surface area contributed by atoms with Crippen LogP contribution in [0.4, 0.5) is 4.79 Å². The molecular weight excluding hydrogens is 326 g/mol. The average molecular weight is 362 g/mol. The minimum atomic E-state index is -0.638. The van der Waals surface area contributed by atoms with E-state index in [1.807, 2.05) is 30.3 Å². The molecule has 1 rings (SSSR count). The van der Waals surface area contributed by atoms with Crippen molar-refractivity contribution in [2.24, 2.45) is 5.92 Å². The summed E-state index contributed by atoms with van der Waals surface area (Å²) < 4.78 is 4.74. The lowest BCUT2D eigenvalue weighted by molar-refractivity contribution is -0.125. The highest BCUT2D eigenvalue weighted by molar-refractivity contribution is 5.90. The second kappa shape index (κ2) is 13.4. The number of methoxy groups -OCH3 is 1. The first kappa shape index (κ1) is 22.2. The molecular formula is C22H35NO3. The van der Waals surface area contributed by atoms with Crippen LogP contribution >= 0.6 is 0 Å². The van der Waals surface area contributed by atoms with Gasteiger partial charge in [0, 0.05) is 5.92 Å². The Hall–Kier alpha value is -1.84. The van der Waals surface area contributed by atoms with E-state index in [9.17, 15) is 9.59 Å². The van der Waals surface area contributed by atoms with Crippen LogP contribution in [0.15, 0.2) is 30.3 Å². The summed E-state index contributed by atoms with van der Waals surface area (Å²) in [6.07, 6.45) is 9.26. The molecule has 0 saturated carbocycles. The maximum absolute atomic E-state index is 13.3. The van der Waals surface area contributed by atoms with Crippen LogP contribution in [0.2, 0.25) is 0 Å². The SMILES string of the molecule is CCCCCCCC(CCCC)C(=O)[C@@H](NC(=O)OC)c1ccccc1. The van der Waals surface area contributed by atoms with Crippen molar-refractivity contribution in [3.05, 3.63) is 35.9 Å². The molecule has 0 spiro atoms. The molecule has 26 heavy (non-hydrogen) atoms. The van der Waals surface area contributed by atoms with Crippen LogP contribution in [-0.4, -0.2) is 19.0 Å². The van der Waals surface area contributed by atoms with Gasteiger partial charge in [-0.2, -0.15) is 0 Å². The second-order valence-electron chi connectivity index (χ2n) is 6.92. The number of ketones is 1. The van der Waals surface area contributed by atoms with Gasteiger partial charge in [0.1, 0.15) is 6.04 Å². The maximum Gasteiger partial charge on any atom is 0.407 e. The molecule has 0 aromatic heterocycles. The van der Waals surface area contributed by atoms with E-state index in [0.717, 1.165) is 37.7 Å². The molecule has 1 aromatic rings. The fraction of sp³-hybridized carbons (Fsp3) is 0.636. The average Bonchev–Trinajstić information content (AvgIpc) is 2.68. The molecule has 0 aliphatic carbocycles. The van der Waals surface area contributed by atoms with Crippen molar-refractivity contribution < 1.29 is 14.3 Å². The van der Waals surface area contributed by atoms with Crippen molar-refractivity contribution in [1.82, 2.24) is 5.32 Å². The van der Waals surface area contributed by atoms with Crippen molar-refractivity contribution in [2.45, 2.75) is 77.7 Å². The summed E-state index contributed by atoms with van der Waals surface area (Å²) in [5, 5.41) is 2.74. The molecule has 1 amide bonds. The number of unbranched alkanes of at least 4 members (excludes halogenated alkanes) is 5. The molecule has 0 fully saturated rings. The van der Waals surface area contributed by atoms with Crippen molar-refractivity contribution in [3.8, 4) is 0 Å². The van der Waals surface area contributed by atoms with Crippen LogP contribution < -0.4 is 5.32 Å². The van der Waals surface area contributed by atoms with E-state index in [1.165, 1.54) is 32.8 Å². The van der Waals surface area contributed by atoms with Gasteiger partial charge in [-0.1, -0.05) is 89.1 Å². The Bertz CT molecular complexity index is 515. The van der Waals surface area contributed by atoms with E-state index >= 15 is 0 Å². The summed E-state index contributed by atoms with van der Waals surface area (Å²) in [5.41, 5.74) is 0.815. The van der Waals surface area contributed by atoms with E-state index in [0.29, 0.717) is 0 Å². The Labute approximate surface area is 158 Å². The van der Waals surface area contributed by atoms with Crippen LogP contribution in [0.1, 0.15) is 83.2 Å². The number of hydrogen-bond acceptors (Lipinski definition) is 3. The van der Waals surface area contributed by atoms with Gasteiger partial charge in [0.2, 0.25) is 0 Å². The molecule has 4 nitrogen and oxygen atoms in total. The van der Waals surface area contributed by atoms with Gasteiger partial charge >= 0.3 is 6.09 Å². The normalized spacial score (nSPS) is 13.0. The van der Waals surface area contributed by atoms with Crippen LogP contribution in [0.5, 0.6) is 0 Å². The molecule has 0 radical (unpaired) electrons. The minimum Gasteiger partial charge on any atom is -0.453 e. The van der Waals surface area contributed by atoms with Gasteiger partial charge in [-0.3, -0.25) is 4.79 Å². The number of amides is 1. The molecule has 0 aliphatic rings. The summed E-state index contributed by atoms with van der Waals surface area (Å²) in [6, 6.07) is 8.82. The molecule has 146 valence electrons. The molecule has 1 N–H and O–H groups in total. The molecule has 1 unspecified atom stereocenters. The van der Waals surface area contributed by atoms with Gasteiger partial charge in [0.15, 0.2) is 5.78 Å². The third-order valence-corrected chi connectivity index (χ3v) is 4.83. The van der Waals surface area contributed by atoms with Crippen molar-refractivity contribution >= 4 is 11.9 Å². The summed E-state index contributed by atoms with van der Waals surface area (Å²) in [5.74, 6) is 0.0875. The van der Waals surface area contributed by atoms with E-state index in [-0.39, 0.29) is 11.7 Å². The molecule has 4 heteroatoms. The molecule has 0 bridgehead atoms.